The van der Waals surface area contributed by atoms with Crippen LogP contribution in [0, 0.1) is 0 Å². The molecule has 6 heteroatoms. The van der Waals surface area contributed by atoms with Crippen molar-refractivity contribution in [2.75, 3.05) is 18.0 Å². The fourth-order valence-corrected chi connectivity index (χ4v) is 2.50. The Bertz CT molecular complexity index is 705. The summed E-state index contributed by atoms with van der Waals surface area (Å²) >= 11 is 12.1. The van der Waals surface area contributed by atoms with Crippen molar-refractivity contribution < 1.29 is 9.59 Å². The molecule has 2 aromatic carbocycles. The van der Waals surface area contributed by atoms with Crippen molar-refractivity contribution in [3.63, 3.8) is 0 Å². The normalized spacial score (nSPS) is 10.2. The zero-order valence-corrected chi connectivity index (χ0v) is 14.1. The van der Waals surface area contributed by atoms with Crippen LogP contribution >= 0.6 is 23.2 Å². The number of hydrogen-bond donors (Lipinski definition) is 1. The molecule has 120 valence electrons. The van der Waals surface area contributed by atoms with E-state index in [1.165, 1.54) is 11.8 Å². The van der Waals surface area contributed by atoms with Crippen molar-refractivity contribution in [2.24, 2.45) is 0 Å². The first kappa shape index (κ1) is 17.3. The molecule has 0 saturated heterocycles. The Morgan fingerprint density at radius 1 is 1.09 bits per heavy atom. The van der Waals surface area contributed by atoms with Crippen molar-refractivity contribution in [2.45, 2.75) is 6.92 Å². The molecule has 0 aromatic heterocycles. The summed E-state index contributed by atoms with van der Waals surface area (Å²) < 4.78 is 0. The van der Waals surface area contributed by atoms with Crippen LogP contribution < -0.4 is 10.2 Å². The van der Waals surface area contributed by atoms with Gasteiger partial charge in [-0.2, -0.15) is 0 Å². The molecule has 0 atom stereocenters. The predicted molar refractivity (Wildman–Crippen MR) is 93.3 cm³/mol. The van der Waals surface area contributed by atoms with E-state index in [1.54, 1.807) is 42.5 Å². The van der Waals surface area contributed by atoms with Gasteiger partial charge in [0.2, 0.25) is 5.91 Å². The van der Waals surface area contributed by atoms with Gasteiger partial charge in [0.1, 0.15) is 0 Å². The van der Waals surface area contributed by atoms with Gasteiger partial charge < -0.3 is 10.2 Å². The molecule has 0 heterocycles. The highest BCUT2D eigenvalue weighted by atomic mass is 35.5. The number of nitrogens with one attached hydrogen (secondary N) is 1. The molecule has 2 rings (SSSR count). The standard InChI is InChI=1S/C17H16Cl2N2O2/c1-12(22)21(16-11-14(18)7-8-15(16)19)10-9-20-17(23)13-5-3-2-4-6-13/h2-8,11H,9-10H2,1H3,(H,20,23). The van der Waals surface area contributed by atoms with Crippen molar-refractivity contribution in [3.05, 3.63) is 64.1 Å². The second-order valence-corrected chi connectivity index (χ2v) is 5.73. The van der Waals surface area contributed by atoms with E-state index in [9.17, 15) is 9.59 Å². The van der Waals surface area contributed by atoms with E-state index in [0.717, 1.165) is 0 Å². The van der Waals surface area contributed by atoms with Crippen LogP contribution in [0.4, 0.5) is 5.69 Å². The fourth-order valence-electron chi connectivity index (χ4n) is 2.11. The van der Waals surface area contributed by atoms with Crippen molar-refractivity contribution >= 4 is 40.7 Å². The van der Waals surface area contributed by atoms with Gasteiger partial charge in [-0.15, -0.1) is 0 Å². The number of carbonyl (C=O) groups is 2. The minimum absolute atomic E-state index is 0.178. The lowest BCUT2D eigenvalue weighted by Crippen LogP contribution is -2.37. The maximum atomic E-state index is 12.0. The summed E-state index contributed by atoms with van der Waals surface area (Å²) in [5.74, 6) is -0.366. The van der Waals surface area contributed by atoms with Gasteiger partial charge in [-0.25, -0.2) is 0 Å². The Balaban J connectivity index is 2.02. The van der Waals surface area contributed by atoms with Gasteiger partial charge in [0, 0.05) is 30.6 Å². The molecule has 2 aromatic rings. The molecule has 4 nitrogen and oxygen atoms in total. The number of nitrogens with zero attached hydrogens (tertiary/aromatic N) is 1. The molecule has 0 spiro atoms. The Hall–Kier alpha value is -2.04. The molecule has 0 bridgehead atoms. The lowest BCUT2D eigenvalue weighted by molar-refractivity contribution is -0.116. The second kappa shape index (κ2) is 7.99. The van der Waals surface area contributed by atoms with Crippen LogP contribution in [0.5, 0.6) is 0 Å². The molecule has 0 aliphatic heterocycles. The van der Waals surface area contributed by atoms with E-state index in [1.807, 2.05) is 6.07 Å². The van der Waals surface area contributed by atoms with Crippen LogP contribution in [0.25, 0.3) is 0 Å². The van der Waals surface area contributed by atoms with E-state index >= 15 is 0 Å². The van der Waals surface area contributed by atoms with Gasteiger partial charge in [-0.3, -0.25) is 9.59 Å². The SMILES string of the molecule is CC(=O)N(CCNC(=O)c1ccccc1)c1cc(Cl)ccc1Cl. The average molecular weight is 351 g/mol. The predicted octanol–water partition coefficient (Wildman–Crippen LogP) is 3.78. The van der Waals surface area contributed by atoms with Crippen molar-refractivity contribution in [3.8, 4) is 0 Å². The number of rotatable bonds is 5. The summed E-state index contributed by atoms with van der Waals surface area (Å²) in [5.41, 5.74) is 1.10. The van der Waals surface area contributed by atoms with Crippen molar-refractivity contribution in [1.29, 1.82) is 0 Å². The van der Waals surface area contributed by atoms with E-state index in [0.29, 0.717) is 34.4 Å². The van der Waals surface area contributed by atoms with Gasteiger partial charge in [0.15, 0.2) is 0 Å². The summed E-state index contributed by atoms with van der Waals surface area (Å²) in [6, 6.07) is 13.8. The minimum atomic E-state index is -0.189. The zero-order valence-electron chi connectivity index (χ0n) is 12.6. The van der Waals surface area contributed by atoms with Gasteiger partial charge in [-0.1, -0.05) is 41.4 Å². The third kappa shape index (κ3) is 4.71. The summed E-state index contributed by atoms with van der Waals surface area (Å²) in [6.45, 7) is 2.04. The molecular weight excluding hydrogens is 335 g/mol. The van der Waals surface area contributed by atoms with Crippen LogP contribution in [0.2, 0.25) is 10.0 Å². The first-order valence-electron chi connectivity index (χ1n) is 7.05. The Kier molecular flexibility index (Phi) is 6.02. The second-order valence-electron chi connectivity index (χ2n) is 4.89. The third-order valence-corrected chi connectivity index (χ3v) is 3.79. The van der Waals surface area contributed by atoms with Crippen LogP contribution in [0.15, 0.2) is 48.5 Å². The molecule has 0 aliphatic rings. The van der Waals surface area contributed by atoms with Crippen LogP contribution in [0.1, 0.15) is 17.3 Å². The topological polar surface area (TPSA) is 49.4 Å². The van der Waals surface area contributed by atoms with Crippen LogP contribution in [-0.4, -0.2) is 24.9 Å². The molecular formula is C17H16Cl2N2O2. The number of benzene rings is 2. The fraction of sp³-hybridized carbons (Fsp3) is 0.176. The van der Waals surface area contributed by atoms with Gasteiger partial charge in [0.05, 0.1) is 10.7 Å². The first-order valence-corrected chi connectivity index (χ1v) is 7.81. The first-order chi connectivity index (χ1) is 11.0. The largest absolute Gasteiger partial charge is 0.350 e. The smallest absolute Gasteiger partial charge is 0.251 e. The monoisotopic (exact) mass is 350 g/mol. The Morgan fingerprint density at radius 2 is 1.78 bits per heavy atom. The summed E-state index contributed by atoms with van der Waals surface area (Å²) in [6.07, 6.45) is 0. The molecule has 0 saturated carbocycles. The quantitative estimate of drug-likeness (QED) is 0.891. The van der Waals surface area contributed by atoms with Gasteiger partial charge in [0.25, 0.3) is 5.91 Å². The lowest BCUT2D eigenvalue weighted by atomic mass is 10.2. The summed E-state index contributed by atoms with van der Waals surface area (Å²) in [4.78, 5) is 25.3. The molecule has 0 aliphatic carbocycles. The lowest BCUT2D eigenvalue weighted by Gasteiger charge is -2.22. The molecule has 2 amide bonds. The molecule has 23 heavy (non-hydrogen) atoms. The Labute approximate surface area is 145 Å². The highest BCUT2D eigenvalue weighted by Crippen LogP contribution is 2.28. The molecule has 0 fully saturated rings. The van der Waals surface area contributed by atoms with E-state index in [-0.39, 0.29) is 11.8 Å². The maximum absolute atomic E-state index is 12.0. The number of amides is 2. The third-order valence-electron chi connectivity index (χ3n) is 3.24. The number of hydrogen-bond acceptors (Lipinski definition) is 2. The van der Waals surface area contributed by atoms with E-state index < -0.39 is 0 Å². The Morgan fingerprint density at radius 3 is 2.43 bits per heavy atom. The van der Waals surface area contributed by atoms with Gasteiger partial charge >= 0.3 is 0 Å². The van der Waals surface area contributed by atoms with E-state index in [4.69, 9.17) is 23.2 Å². The number of halogens is 2. The molecule has 1 N–H and O–H groups in total. The zero-order chi connectivity index (χ0) is 16.8. The summed E-state index contributed by atoms with van der Waals surface area (Å²) in [7, 11) is 0. The van der Waals surface area contributed by atoms with Crippen LogP contribution in [-0.2, 0) is 4.79 Å². The number of carbonyl (C=O) groups excluding carboxylic acids is 2. The van der Waals surface area contributed by atoms with Gasteiger partial charge in [-0.05, 0) is 30.3 Å². The van der Waals surface area contributed by atoms with Crippen molar-refractivity contribution in [1.82, 2.24) is 5.32 Å². The molecule has 0 radical (unpaired) electrons. The molecule has 0 unspecified atom stereocenters. The van der Waals surface area contributed by atoms with Crippen LogP contribution in [0.3, 0.4) is 0 Å². The van der Waals surface area contributed by atoms with E-state index in [2.05, 4.69) is 5.32 Å². The summed E-state index contributed by atoms with van der Waals surface area (Å²) in [5, 5.41) is 3.70. The minimum Gasteiger partial charge on any atom is -0.350 e. The maximum Gasteiger partial charge on any atom is 0.251 e. The highest BCUT2D eigenvalue weighted by molar-refractivity contribution is 6.35. The average Bonchev–Trinajstić information content (AvgIpc) is 2.54. The highest BCUT2D eigenvalue weighted by Gasteiger charge is 2.15. The number of anilines is 1.